The van der Waals surface area contributed by atoms with Gasteiger partial charge in [0.15, 0.2) is 5.82 Å². The van der Waals surface area contributed by atoms with E-state index in [0.29, 0.717) is 5.76 Å². The lowest BCUT2D eigenvalue weighted by atomic mass is 10.1. The van der Waals surface area contributed by atoms with Crippen molar-refractivity contribution >= 4 is 15.9 Å². The van der Waals surface area contributed by atoms with E-state index in [1.807, 2.05) is 0 Å². The van der Waals surface area contributed by atoms with Crippen molar-refractivity contribution in [2.75, 3.05) is 0 Å². The van der Waals surface area contributed by atoms with Gasteiger partial charge in [-0.2, -0.15) is 0 Å². The summed E-state index contributed by atoms with van der Waals surface area (Å²) in [5.74, 6) is -0.284. The van der Waals surface area contributed by atoms with Crippen LogP contribution in [0.4, 0.5) is 4.39 Å². The molecule has 0 saturated carbocycles. The Morgan fingerprint density at radius 1 is 1.47 bits per heavy atom. The van der Waals surface area contributed by atoms with E-state index in [0.717, 1.165) is 0 Å². The molecule has 0 aromatic carbocycles. The predicted octanol–water partition coefficient (Wildman–Crippen LogP) is 2.66. The maximum absolute atomic E-state index is 13.5. The Bertz CT molecular complexity index is 458. The molecule has 0 amide bonds. The van der Waals surface area contributed by atoms with Crippen LogP contribution in [0.15, 0.2) is 39.7 Å². The first-order valence-corrected chi connectivity index (χ1v) is 5.01. The van der Waals surface area contributed by atoms with Crippen molar-refractivity contribution in [2.45, 2.75) is 6.10 Å². The fourth-order valence-corrected chi connectivity index (χ4v) is 1.59. The molecule has 0 saturated heterocycles. The molecule has 1 atom stereocenters. The smallest absolute Gasteiger partial charge is 0.162 e. The molecular weight excluding hydrogens is 265 g/mol. The Balaban J connectivity index is 2.42. The molecule has 5 heteroatoms. The summed E-state index contributed by atoms with van der Waals surface area (Å²) in [6.45, 7) is 0. The van der Waals surface area contributed by atoms with Gasteiger partial charge in [-0.25, -0.2) is 9.37 Å². The summed E-state index contributed by atoms with van der Waals surface area (Å²) in [7, 11) is 0. The minimum atomic E-state index is -1.11. The van der Waals surface area contributed by atoms with Crippen molar-refractivity contribution in [3.8, 4) is 0 Å². The third kappa shape index (κ3) is 1.93. The van der Waals surface area contributed by atoms with E-state index >= 15 is 0 Å². The van der Waals surface area contributed by atoms with Crippen molar-refractivity contribution < 1.29 is 13.9 Å². The summed E-state index contributed by atoms with van der Waals surface area (Å²) in [5, 5.41) is 9.80. The topological polar surface area (TPSA) is 46.3 Å². The second-order valence-electron chi connectivity index (χ2n) is 2.92. The van der Waals surface area contributed by atoms with Crippen molar-refractivity contribution in [3.63, 3.8) is 0 Å². The number of aliphatic hydroxyl groups excluding tert-OH is 1. The van der Waals surface area contributed by atoms with E-state index in [9.17, 15) is 9.50 Å². The number of furan rings is 1. The molecule has 0 aliphatic carbocycles. The highest BCUT2D eigenvalue weighted by Gasteiger charge is 2.19. The molecule has 2 aromatic rings. The summed E-state index contributed by atoms with van der Waals surface area (Å²) in [4.78, 5) is 3.70. The number of rotatable bonds is 2. The van der Waals surface area contributed by atoms with Crippen molar-refractivity contribution in [1.82, 2.24) is 4.98 Å². The maximum Gasteiger partial charge on any atom is 0.162 e. The van der Waals surface area contributed by atoms with Crippen LogP contribution >= 0.6 is 15.9 Å². The van der Waals surface area contributed by atoms with E-state index in [-0.39, 0.29) is 10.2 Å². The Morgan fingerprint density at radius 2 is 2.27 bits per heavy atom. The number of hydrogen-bond donors (Lipinski definition) is 1. The molecule has 78 valence electrons. The summed E-state index contributed by atoms with van der Waals surface area (Å²) < 4.78 is 18.6. The molecule has 2 aromatic heterocycles. The van der Waals surface area contributed by atoms with Gasteiger partial charge in [0.05, 0.1) is 6.26 Å². The van der Waals surface area contributed by atoms with E-state index in [1.54, 1.807) is 12.1 Å². The van der Waals surface area contributed by atoms with Gasteiger partial charge in [-0.1, -0.05) is 0 Å². The van der Waals surface area contributed by atoms with Gasteiger partial charge < -0.3 is 9.52 Å². The van der Waals surface area contributed by atoms with Crippen LogP contribution < -0.4 is 0 Å². The lowest BCUT2D eigenvalue weighted by Crippen LogP contribution is -2.02. The number of nitrogens with zero attached hydrogens (tertiary/aromatic N) is 1. The lowest BCUT2D eigenvalue weighted by Gasteiger charge is -2.09. The third-order valence-corrected chi connectivity index (χ3v) is 2.54. The Morgan fingerprint density at radius 3 is 2.93 bits per heavy atom. The SMILES string of the molecule is OC(c1ccco1)c1ccnc(Br)c1F. The van der Waals surface area contributed by atoms with E-state index in [4.69, 9.17) is 4.42 Å². The molecule has 0 spiro atoms. The summed E-state index contributed by atoms with van der Waals surface area (Å²) in [5.41, 5.74) is 0.131. The number of hydrogen-bond acceptors (Lipinski definition) is 3. The molecule has 2 rings (SSSR count). The molecule has 2 heterocycles. The number of aromatic nitrogens is 1. The van der Waals surface area contributed by atoms with Crippen LogP contribution in [0.1, 0.15) is 17.4 Å². The zero-order valence-electron chi connectivity index (χ0n) is 7.52. The van der Waals surface area contributed by atoms with E-state index in [2.05, 4.69) is 20.9 Å². The largest absolute Gasteiger partial charge is 0.466 e. The van der Waals surface area contributed by atoms with Gasteiger partial charge in [0.2, 0.25) is 0 Å². The van der Waals surface area contributed by atoms with E-state index < -0.39 is 11.9 Å². The van der Waals surface area contributed by atoms with Crippen molar-refractivity contribution in [2.24, 2.45) is 0 Å². The summed E-state index contributed by atoms with van der Waals surface area (Å²) in [6.07, 6.45) is 1.72. The van der Waals surface area contributed by atoms with Gasteiger partial charge >= 0.3 is 0 Å². The first-order valence-electron chi connectivity index (χ1n) is 4.21. The normalized spacial score (nSPS) is 12.7. The maximum atomic E-state index is 13.5. The summed E-state index contributed by atoms with van der Waals surface area (Å²) in [6, 6.07) is 4.62. The van der Waals surface area contributed by atoms with Crippen molar-refractivity contribution in [3.05, 3.63) is 52.4 Å². The monoisotopic (exact) mass is 271 g/mol. The molecule has 0 bridgehead atoms. The highest BCUT2D eigenvalue weighted by Crippen LogP contribution is 2.26. The Labute approximate surface area is 93.7 Å². The van der Waals surface area contributed by atoms with Gasteiger partial charge in [-0.05, 0) is 34.1 Å². The molecule has 0 radical (unpaired) electrons. The second kappa shape index (κ2) is 4.12. The minimum Gasteiger partial charge on any atom is -0.466 e. The van der Waals surface area contributed by atoms with Crippen LogP contribution in [-0.4, -0.2) is 10.1 Å². The molecular formula is C10H7BrFNO2. The molecule has 1 N–H and O–H groups in total. The molecule has 1 unspecified atom stereocenters. The van der Waals surface area contributed by atoms with E-state index in [1.165, 1.54) is 18.5 Å². The average Bonchev–Trinajstić information content (AvgIpc) is 2.74. The molecule has 3 nitrogen and oxygen atoms in total. The third-order valence-electron chi connectivity index (χ3n) is 1.98. The standard InChI is InChI=1S/C10H7BrFNO2/c11-10-8(12)6(3-4-13-10)9(14)7-2-1-5-15-7/h1-5,9,14H. The van der Waals surface area contributed by atoms with Gasteiger partial charge in [0, 0.05) is 11.8 Å². The van der Waals surface area contributed by atoms with Crippen LogP contribution in [0.25, 0.3) is 0 Å². The first kappa shape index (κ1) is 10.3. The van der Waals surface area contributed by atoms with Gasteiger partial charge in [-0.3, -0.25) is 0 Å². The molecule has 15 heavy (non-hydrogen) atoms. The first-order chi connectivity index (χ1) is 7.20. The second-order valence-corrected chi connectivity index (χ2v) is 3.67. The van der Waals surface area contributed by atoms with Gasteiger partial charge in [-0.15, -0.1) is 0 Å². The highest BCUT2D eigenvalue weighted by molar-refractivity contribution is 9.10. The van der Waals surface area contributed by atoms with Crippen LogP contribution in [0.2, 0.25) is 0 Å². The lowest BCUT2D eigenvalue weighted by molar-refractivity contribution is 0.184. The quantitative estimate of drug-likeness (QED) is 0.855. The molecule has 0 aliphatic rings. The zero-order valence-corrected chi connectivity index (χ0v) is 9.11. The predicted molar refractivity (Wildman–Crippen MR) is 54.7 cm³/mol. The van der Waals surface area contributed by atoms with Crippen molar-refractivity contribution in [1.29, 1.82) is 0 Å². The number of pyridine rings is 1. The zero-order chi connectivity index (χ0) is 10.8. The molecule has 0 aliphatic heterocycles. The highest BCUT2D eigenvalue weighted by atomic mass is 79.9. The Hall–Kier alpha value is -1.20. The number of halogens is 2. The van der Waals surface area contributed by atoms with Gasteiger partial charge in [0.25, 0.3) is 0 Å². The Kier molecular flexibility index (Phi) is 2.83. The van der Waals surface area contributed by atoms with Crippen LogP contribution in [0.5, 0.6) is 0 Å². The number of aliphatic hydroxyl groups is 1. The summed E-state index contributed by atoms with van der Waals surface area (Å²) >= 11 is 2.95. The van der Waals surface area contributed by atoms with Crippen LogP contribution in [-0.2, 0) is 0 Å². The fraction of sp³-hybridized carbons (Fsp3) is 0.100. The minimum absolute atomic E-state index is 0.0746. The van der Waals surface area contributed by atoms with Gasteiger partial charge in [0.1, 0.15) is 16.5 Å². The van der Waals surface area contributed by atoms with Crippen LogP contribution in [0.3, 0.4) is 0 Å². The average molecular weight is 272 g/mol. The van der Waals surface area contributed by atoms with Crippen LogP contribution in [0, 0.1) is 5.82 Å². The molecule has 0 fully saturated rings. The fourth-order valence-electron chi connectivity index (χ4n) is 1.24.